The average Bonchev–Trinajstić information content (AvgIpc) is 2.49. The normalized spacial score (nSPS) is 27.5. The highest BCUT2D eigenvalue weighted by molar-refractivity contribution is 5.68. The first-order valence-corrected chi connectivity index (χ1v) is 7.50. The topological polar surface area (TPSA) is 163 Å². The van der Waals surface area contributed by atoms with Gasteiger partial charge in [-0.05, 0) is 5.53 Å². The molecule has 1 fully saturated rings. The van der Waals surface area contributed by atoms with E-state index in [2.05, 4.69) is 10.0 Å². The van der Waals surface area contributed by atoms with Gasteiger partial charge in [-0.25, -0.2) is 0 Å². The van der Waals surface area contributed by atoms with E-state index in [0.29, 0.717) is 0 Å². The monoisotopic (exact) mass is 373 g/mol. The van der Waals surface area contributed by atoms with Gasteiger partial charge < -0.3 is 23.7 Å². The van der Waals surface area contributed by atoms with Crippen molar-refractivity contribution in [3.63, 3.8) is 0 Å². The van der Waals surface area contributed by atoms with Crippen molar-refractivity contribution in [2.45, 2.75) is 58.3 Å². The van der Waals surface area contributed by atoms with Crippen molar-refractivity contribution in [1.82, 2.24) is 0 Å². The Kier molecular flexibility index (Phi) is 7.81. The Morgan fingerprint density at radius 2 is 1.46 bits per heavy atom. The lowest BCUT2D eigenvalue weighted by atomic mass is 9.97. The smallest absolute Gasteiger partial charge is 0.304 e. The minimum absolute atomic E-state index is 0.383. The zero-order valence-electron chi connectivity index (χ0n) is 14.6. The minimum Gasteiger partial charge on any atom is -0.463 e. The van der Waals surface area contributed by atoms with E-state index < -0.39 is 54.5 Å². The number of esters is 4. The summed E-state index contributed by atoms with van der Waals surface area (Å²) in [4.78, 5) is 47.9. The molecule has 0 amide bonds. The number of carbonyl (C=O) groups is 4. The maximum atomic E-state index is 11.5. The molecule has 1 heterocycles. The zero-order valence-corrected chi connectivity index (χ0v) is 14.6. The van der Waals surface area contributed by atoms with Crippen LogP contribution >= 0.6 is 0 Å². The van der Waals surface area contributed by atoms with Gasteiger partial charge >= 0.3 is 23.9 Å². The van der Waals surface area contributed by atoms with Gasteiger partial charge in [0.15, 0.2) is 12.2 Å². The van der Waals surface area contributed by atoms with Crippen LogP contribution in [0, 0.1) is 0 Å². The molecule has 1 rings (SSSR count). The first-order chi connectivity index (χ1) is 12.1. The zero-order chi connectivity index (χ0) is 19.9. The van der Waals surface area contributed by atoms with Crippen LogP contribution in [0.4, 0.5) is 0 Å². The van der Waals surface area contributed by atoms with Crippen molar-refractivity contribution in [2.24, 2.45) is 5.11 Å². The molecule has 0 radical (unpaired) electrons. The highest BCUT2D eigenvalue weighted by atomic mass is 16.7. The van der Waals surface area contributed by atoms with Crippen molar-refractivity contribution in [3.8, 4) is 0 Å². The van der Waals surface area contributed by atoms with Gasteiger partial charge in [0.25, 0.3) is 0 Å². The summed E-state index contributed by atoms with van der Waals surface area (Å²) in [5, 5.41) is 3.44. The molecule has 0 N–H and O–H groups in total. The van der Waals surface area contributed by atoms with Crippen molar-refractivity contribution in [3.05, 3.63) is 10.4 Å². The second kappa shape index (κ2) is 9.59. The van der Waals surface area contributed by atoms with Gasteiger partial charge in [0.1, 0.15) is 18.8 Å². The van der Waals surface area contributed by atoms with Gasteiger partial charge in [-0.15, -0.1) is 0 Å². The van der Waals surface area contributed by atoms with E-state index in [0.717, 1.165) is 27.7 Å². The van der Waals surface area contributed by atoms with Gasteiger partial charge in [0.2, 0.25) is 6.29 Å². The van der Waals surface area contributed by atoms with Gasteiger partial charge in [-0.2, -0.15) is 0 Å². The average molecular weight is 373 g/mol. The summed E-state index contributed by atoms with van der Waals surface area (Å²) >= 11 is 0. The van der Waals surface area contributed by atoms with Gasteiger partial charge in [-0.3, -0.25) is 19.2 Å². The summed E-state index contributed by atoms with van der Waals surface area (Å²) < 4.78 is 25.5. The lowest BCUT2D eigenvalue weighted by Gasteiger charge is -2.42. The summed E-state index contributed by atoms with van der Waals surface area (Å²) in [7, 11) is 0. The van der Waals surface area contributed by atoms with E-state index in [1.165, 1.54) is 0 Å². The summed E-state index contributed by atoms with van der Waals surface area (Å²) in [5.74, 6) is -2.90. The SMILES string of the molecule is CC(=O)OC[C@H]1O[C@@H](OC(C)=O)[C@H](N=[N+]=[N-])[C@@H](OC(C)=O)[C@H]1OC(C)=O. The number of nitrogens with zero attached hydrogens (tertiary/aromatic N) is 3. The van der Waals surface area contributed by atoms with E-state index >= 15 is 0 Å². The number of rotatable bonds is 6. The van der Waals surface area contributed by atoms with Crippen LogP contribution < -0.4 is 0 Å². The molecular formula is C14H19N3O9. The van der Waals surface area contributed by atoms with Crippen LogP contribution in [-0.4, -0.2) is 61.1 Å². The fourth-order valence-electron chi connectivity index (χ4n) is 2.33. The molecule has 1 aliphatic heterocycles. The summed E-state index contributed by atoms with van der Waals surface area (Å²) in [5.41, 5.74) is 8.78. The fraction of sp³-hybridized carbons (Fsp3) is 0.714. The van der Waals surface area contributed by atoms with E-state index in [1.54, 1.807) is 0 Å². The number of azide groups is 1. The molecule has 12 nitrogen and oxygen atoms in total. The van der Waals surface area contributed by atoms with Crippen molar-refractivity contribution in [2.75, 3.05) is 6.61 Å². The predicted octanol–water partition coefficient (Wildman–Crippen LogP) is 0.380. The Balaban J connectivity index is 3.28. The molecular weight excluding hydrogens is 354 g/mol. The predicted molar refractivity (Wildman–Crippen MR) is 81.1 cm³/mol. The second-order valence-electron chi connectivity index (χ2n) is 5.30. The third kappa shape index (κ3) is 6.22. The molecule has 0 unspecified atom stereocenters. The highest BCUT2D eigenvalue weighted by Gasteiger charge is 2.51. The maximum Gasteiger partial charge on any atom is 0.304 e. The molecule has 0 aliphatic carbocycles. The quantitative estimate of drug-likeness (QED) is 0.210. The summed E-state index contributed by atoms with van der Waals surface area (Å²) in [6, 6.07) is -1.33. The first kappa shape index (κ1) is 21.2. The summed E-state index contributed by atoms with van der Waals surface area (Å²) in [6.45, 7) is 4.06. The number of hydrogen-bond acceptors (Lipinski definition) is 10. The number of carbonyl (C=O) groups excluding carboxylic acids is 4. The lowest BCUT2D eigenvalue weighted by molar-refractivity contribution is -0.267. The van der Waals surface area contributed by atoms with Gasteiger partial charge in [-0.1, -0.05) is 5.11 Å². The molecule has 0 aromatic heterocycles. The number of ether oxygens (including phenoxy) is 5. The molecule has 0 aromatic carbocycles. The van der Waals surface area contributed by atoms with Crippen molar-refractivity contribution in [1.29, 1.82) is 0 Å². The van der Waals surface area contributed by atoms with Crippen molar-refractivity contribution >= 4 is 23.9 Å². The van der Waals surface area contributed by atoms with Crippen LogP contribution in [-0.2, 0) is 42.9 Å². The van der Waals surface area contributed by atoms with Crippen LogP contribution in [0.3, 0.4) is 0 Å². The molecule has 26 heavy (non-hydrogen) atoms. The van der Waals surface area contributed by atoms with E-state index in [1.807, 2.05) is 0 Å². The van der Waals surface area contributed by atoms with E-state index in [4.69, 9.17) is 29.2 Å². The van der Waals surface area contributed by atoms with E-state index in [9.17, 15) is 19.2 Å². The molecule has 1 saturated heterocycles. The Hall–Kier alpha value is -2.85. The standard InChI is InChI=1S/C14H19N3O9/c1-6(18)22-5-10-12(23-7(2)19)13(24-8(3)20)11(16-17-15)14(26-10)25-9(4)21/h10-14H,5H2,1-4H3/t10-,11-,12+,13-,14-/m1/s1. The molecule has 1 aliphatic rings. The third-order valence-electron chi connectivity index (χ3n) is 3.14. The lowest BCUT2D eigenvalue weighted by Crippen LogP contribution is -2.61. The Morgan fingerprint density at radius 1 is 0.923 bits per heavy atom. The van der Waals surface area contributed by atoms with Gasteiger partial charge in [0.05, 0.1) is 0 Å². The first-order valence-electron chi connectivity index (χ1n) is 7.50. The van der Waals surface area contributed by atoms with Crippen LogP contribution in [0.1, 0.15) is 27.7 Å². The van der Waals surface area contributed by atoms with Crippen LogP contribution in [0.15, 0.2) is 5.11 Å². The molecule has 144 valence electrons. The molecule has 0 aromatic rings. The van der Waals surface area contributed by atoms with Crippen molar-refractivity contribution < 1.29 is 42.9 Å². The van der Waals surface area contributed by atoms with E-state index in [-0.39, 0.29) is 6.61 Å². The Bertz CT molecular complexity index is 617. The summed E-state index contributed by atoms with van der Waals surface area (Å²) in [6.07, 6.45) is -5.18. The van der Waals surface area contributed by atoms with Crippen LogP contribution in [0.25, 0.3) is 10.4 Å². The molecule has 5 atom stereocenters. The van der Waals surface area contributed by atoms with Gasteiger partial charge in [0, 0.05) is 32.6 Å². The van der Waals surface area contributed by atoms with Crippen LogP contribution in [0.2, 0.25) is 0 Å². The minimum atomic E-state index is -1.44. The number of hydrogen-bond donors (Lipinski definition) is 0. The van der Waals surface area contributed by atoms with Crippen LogP contribution in [0.5, 0.6) is 0 Å². The largest absolute Gasteiger partial charge is 0.463 e. The Morgan fingerprint density at radius 3 is 1.92 bits per heavy atom. The molecule has 0 saturated carbocycles. The third-order valence-corrected chi connectivity index (χ3v) is 3.14. The highest BCUT2D eigenvalue weighted by Crippen LogP contribution is 2.29. The Labute approximate surface area is 148 Å². The second-order valence-corrected chi connectivity index (χ2v) is 5.30. The molecule has 0 bridgehead atoms. The molecule has 12 heteroatoms. The maximum absolute atomic E-state index is 11.5. The molecule has 0 spiro atoms. The fourth-order valence-corrected chi connectivity index (χ4v) is 2.33.